The third-order valence-electron chi connectivity index (χ3n) is 9.97. The molecule has 8 N–H and O–H groups in total. The zero-order valence-corrected chi connectivity index (χ0v) is 32.0. The summed E-state index contributed by atoms with van der Waals surface area (Å²) in [5.41, 5.74) is -0.199. The Labute approximate surface area is 334 Å². The molecule has 324 valence electrons. The fourth-order valence-electron chi connectivity index (χ4n) is 6.85. The van der Waals surface area contributed by atoms with Gasteiger partial charge in [0.25, 0.3) is 0 Å². The molecule has 0 bridgehead atoms. The van der Waals surface area contributed by atoms with Crippen LogP contribution in [0.1, 0.15) is 20.8 Å². The minimum atomic E-state index is -2.00. The van der Waals surface area contributed by atoms with Crippen LogP contribution < -0.4 is 14.9 Å². The van der Waals surface area contributed by atoms with E-state index in [0.717, 1.165) is 19.9 Å². The molecular formula is C38H46O21. The molecule has 59 heavy (non-hydrogen) atoms. The van der Waals surface area contributed by atoms with Crippen molar-refractivity contribution in [1.82, 2.24) is 0 Å². The highest BCUT2D eigenvalue weighted by molar-refractivity contribution is 5.86. The number of esters is 2. The first-order valence-corrected chi connectivity index (χ1v) is 18.4. The Kier molecular flexibility index (Phi) is 13.8. The summed E-state index contributed by atoms with van der Waals surface area (Å²) in [6.45, 7) is 2.41. The molecule has 1 aromatic heterocycles. The molecule has 0 unspecified atom stereocenters. The molecule has 0 radical (unpaired) electrons. The summed E-state index contributed by atoms with van der Waals surface area (Å²) in [6, 6.07) is 10.1. The average Bonchev–Trinajstić information content (AvgIpc) is 3.19. The number of benzene rings is 2. The van der Waals surface area contributed by atoms with Crippen molar-refractivity contribution in [2.75, 3.05) is 20.3 Å². The molecule has 4 heterocycles. The van der Waals surface area contributed by atoms with Gasteiger partial charge in [0.1, 0.15) is 102 Å². The summed E-state index contributed by atoms with van der Waals surface area (Å²) in [5.74, 6) is -1.55. The van der Waals surface area contributed by atoms with Crippen molar-refractivity contribution >= 4 is 22.9 Å². The van der Waals surface area contributed by atoms with Gasteiger partial charge in [0.2, 0.25) is 6.29 Å². The fraction of sp³-hybridized carbons (Fsp3) is 0.553. The number of fused-ring (bicyclic) bond motifs is 1. The van der Waals surface area contributed by atoms with E-state index >= 15 is 0 Å². The molecular weight excluding hydrogens is 792 g/mol. The number of carbonyl (C=O) groups excluding carboxylic acids is 2. The molecule has 3 fully saturated rings. The van der Waals surface area contributed by atoms with Gasteiger partial charge in [-0.05, 0) is 31.2 Å². The van der Waals surface area contributed by atoms with Gasteiger partial charge in [0, 0.05) is 37.6 Å². The van der Waals surface area contributed by atoms with Crippen LogP contribution >= 0.6 is 0 Å². The quantitative estimate of drug-likeness (QED) is 0.0931. The van der Waals surface area contributed by atoms with E-state index in [9.17, 15) is 55.2 Å². The van der Waals surface area contributed by atoms with E-state index in [4.69, 9.17) is 47.0 Å². The van der Waals surface area contributed by atoms with Gasteiger partial charge in [-0.2, -0.15) is 0 Å². The third kappa shape index (κ3) is 9.62. The van der Waals surface area contributed by atoms with Crippen LogP contribution in [-0.4, -0.2) is 165 Å². The van der Waals surface area contributed by atoms with E-state index < -0.39 is 128 Å². The number of aliphatic hydroxyl groups excluding tert-OH is 7. The van der Waals surface area contributed by atoms with E-state index in [1.165, 1.54) is 26.2 Å². The van der Waals surface area contributed by atoms with Crippen molar-refractivity contribution in [1.29, 1.82) is 0 Å². The lowest BCUT2D eigenvalue weighted by molar-refractivity contribution is -0.360. The zero-order chi connectivity index (χ0) is 42.9. The number of phenolic OH excluding ortho intramolecular Hbond substituents is 1. The summed E-state index contributed by atoms with van der Waals surface area (Å²) in [7, 11) is 1.49. The maximum absolute atomic E-state index is 13.1. The molecule has 3 aliphatic heterocycles. The zero-order valence-electron chi connectivity index (χ0n) is 32.0. The number of aromatic hydroxyl groups is 1. The second-order valence-corrected chi connectivity index (χ2v) is 14.2. The Morgan fingerprint density at radius 1 is 0.695 bits per heavy atom. The number of hydrogen-bond donors (Lipinski definition) is 8. The Bertz CT molecular complexity index is 1990. The van der Waals surface area contributed by atoms with Gasteiger partial charge in [-0.15, -0.1) is 0 Å². The lowest BCUT2D eigenvalue weighted by atomic mass is 9.96. The molecule has 0 amide bonds. The number of ether oxygens (including phenoxy) is 9. The minimum Gasteiger partial charge on any atom is -0.507 e. The van der Waals surface area contributed by atoms with E-state index in [-0.39, 0.29) is 22.5 Å². The van der Waals surface area contributed by atoms with E-state index in [1.54, 1.807) is 24.3 Å². The predicted octanol–water partition coefficient (Wildman–Crippen LogP) is -1.83. The van der Waals surface area contributed by atoms with Crippen LogP contribution in [0.15, 0.2) is 51.7 Å². The molecule has 2 aromatic carbocycles. The topological polar surface area (TPSA) is 309 Å². The SMILES string of the molecule is COc1ccc(-c2cc(=O)c3c(O)cc(O[C@@H]4O[C@@H](COC(C)=O)[C@@H](O)[C@H](O[C@@H]5O[C@H](CO[C@@H]6O[C@@H](C)[C@H](OC(C)=O)[C@H](O)[C@@H]6O)[C@H](O)[C@H](O)[C@H]5O)[C@@H]4O)cc3o2)cc1. The van der Waals surface area contributed by atoms with Crippen LogP contribution in [0.25, 0.3) is 22.3 Å². The summed E-state index contributed by atoms with van der Waals surface area (Å²) in [4.78, 5) is 36.2. The Balaban J connectivity index is 1.21. The molecule has 21 nitrogen and oxygen atoms in total. The van der Waals surface area contributed by atoms with Crippen molar-refractivity contribution in [2.45, 2.75) is 113 Å². The maximum atomic E-state index is 13.1. The fourth-order valence-corrected chi connectivity index (χ4v) is 6.85. The van der Waals surface area contributed by atoms with Gasteiger partial charge >= 0.3 is 11.9 Å². The molecule has 0 aliphatic carbocycles. The highest BCUT2D eigenvalue weighted by atomic mass is 16.8. The highest BCUT2D eigenvalue weighted by Crippen LogP contribution is 2.35. The van der Waals surface area contributed by atoms with Crippen LogP contribution in [0.5, 0.6) is 17.2 Å². The van der Waals surface area contributed by atoms with E-state index in [0.29, 0.717) is 11.3 Å². The van der Waals surface area contributed by atoms with Crippen LogP contribution in [-0.2, 0) is 42.7 Å². The summed E-state index contributed by atoms with van der Waals surface area (Å²) >= 11 is 0. The van der Waals surface area contributed by atoms with E-state index in [1.807, 2.05) is 0 Å². The number of rotatable bonds is 12. The normalized spacial score (nSPS) is 34.9. The van der Waals surface area contributed by atoms with Crippen LogP contribution in [0, 0.1) is 0 Å². The first-order valence-electron chi connectivity index (χ1n) is 18.4. The second kappa shape index (κ2) is 18.4. The third-order valence-corrected chi connectivity index (χ3v) is 9.97. The first kappa shape index (κ1) is 44.1. The molecule has 3 aliphatic rings. The number of carbonyl (C=O) groups is 2. The lowest BCUT2D eigenvalue weighted by Crippen LogP contribution is -2.65. The van der Waals surface area contributed by atoms with Gasteiger partial charge in [-0.3, -0.25) is 14.4 Å². The smallest absolute Gasteiger partial charge is 0.303 e. The van der Waals surface area contributed by atoms with Gasteiger partial charge in [-0.1, -0.05) is 0 Å². The van der Waals surface area contributed by atoms with Crippen molar-refractivity contribution in [2.24, 2.45) is 0 Å². The van der Waals surface area contributed by atoms with Crippen LogP contribution in [0.2, 0.25) is 0 Å². The van der Waals surface area contributed by atoms with Crippen molar-refractivity contribution in [3.8, 4) is 28.6 Å². The van der Waals surface area contributed by atoms with Crippen molar-refractivity contribution < 1.29 is 97.5 Å². The monoisotopic (exact) mass is 838 g/mol. The molecule has 3 saturated heterocycles. The second-order valence-electron chi connectivity index (χ2n) is 14.2. The average molecular weight is 839 g/mol. The standard InChI is InChI=1S/C38H46O21/c1-14-34(54-16(3)40)30(46)32(48)36(53-14)52-13-24-27(43)29(45)31(47)37(57-24)59-35-28(44)25(12-51-15(2)39)58-38(33(35)49)55-19-9-20(41)26-21(42)11-22(56-23(26)10-19)17-5-7-18(50-4)8-6-17/h5-11,14,24-25,27-38,41,43-49H,12-13H2,1-4H3/t14-,24+,25-,27-,28+,29-,30+,31+,32-,33-,34-,35-,36+,37-,38+/m0/s1. The van der Waals surface area contributed by atoms with E-state index in [2.05, 4.69) is 0 Å². The minimum absolute atomic E-state index is 0.119. The summed E-state index contributed by atoms with van der Waals surface area (Å²) in [6.07, 6.45) is -25.1. The lowest BCUT2D eigenvalue weighted by Gasteiger charge is -2.46. The molecule has 6 rings (SSSR count). The Hall–Kier alpha value is -4.49. The largest absolute Gasteiger partial charge is 0.507 e. The van der Waals surface area contributed by atoms with Crippen LogP contribution in [0.3, 0.4) is 0 Å². The van der Waals surface area contributed by atoms with Gasteiger partial charge in [-0.25, -0.2) is 0 Å². The molecule has 0 spiro atoms. The van der Waals surface area contributed by atoms with Crippen LogP contribution in [0.4, 0.5) is 0 Å². The van der Waals surface area contributed by atoms with Crippen molar-refractivity contribution in [3.05, 3.63) is 52.7 Å². The molecule has 21 heteroatoms. The Morgan fingerprint density at radius 2 is 1.36 bits per heavy atom. The summed E-state index contributed by atoms with van der Waals surface area (Å²) in [5, 5.41) is 86.9. The summed E-state index contributed by atoms with van der Waals surface area (Å²) < 4.78 is 55.5. The first-order chi connectivity index (χ1) is 28.0. The highest BCUT2D eigenvalue weighted by Gasteiger charge is 2.52. The molecule has 3 aromatic rings. The van der Waals surface area contributed by atoms with Gasteiger partial charge in [0.05, 0.1) is 19.8 Å². The number of aliphatic hydroxyl groups is 7. The molecule has 0 saturated carbocycles. The maximum Gasteiger partial charge on any atom is 0.303 e. The molecule has 15 atom stereocenters. The Morgan fingerprint density at radius 3 is 2.02 bits per heavy atom. The van der Waals surface area contributed by atoms with Crippen molar-refractivity contribution in [3.63, 3.8) is 0 Å². The van der Waals surface area contributed by atoms with Gasteiger partial charge < -0.3 is 87.9 Å². The number of hydrogen-bond acceptors (Lipinski definition) is 21. The predicted molar refractivity (Wildman–Crippen MR) is 193 cm³/mol. The number of phenols is 1. The number of methoxy groups -OCH3 is 1. The van der Waals surface area contributed by atoms with Gasteiger partial charge in [0.15, 0.2) is 24.1 Å².